The average molecular weight is 217 g/mol. The predicted octanol–water partition coefficient (Wildman–Crippen LogP) is 3.26. The fourth-order valence-corrected chi connectivity index (χ4v) is 1.48. The molecule has 0 fully saturated rings. The van der Waals surface area contributed by atoms with Crippen molar-refractivity contribution in [3.05, 3.63) is 49.6 Å². The van der Waals surface area contributed by atoms with Crippen molar-refractivity contribution in [3.8, 4) is 5.75 Å². The van der Waals surface area contributed by atoms with E-state index in [2.05, 4.69) is 37.1 Å². The number of hydrogen-bond acceptors (Lipinski definition) is 2. The van der Waals surface area contributed by atoms with Gasteiger partial charge in [0.25, 0.3) is 0 Å². The maximum absolute atomic E-state index is 5.43. The normalized spacial score (nSPS) is 9.56. The van der Waals surface area contributed by atoms with Crippen molar-refractivity contribution in [2.24, 2.45) is 0 Å². The van der Waals surface area contributed by atoms with Gasteiger partial charge in [-0.2, -0.15) is 0 Å². The quantitative estimate of drug-likeness (QED) is 0.650. The Hall–Kier alpha value is -1.70. The van der Waals surface area contributed by atoms with Crippen molar-refractivity contribution >= 4 is 5.69 Å². The molecule has 16 heavy (non-hydrogen) atoms. The van der Waals surface area contributed by atoms with Gasteiger partial charge in [0.15, 0.2) is 0 Å². The highest BCUT2D eigenvalue weighted by molar-refractivity contribution is 5.49. The first-order chi connectivity index (χ1) is 7.81. The molecule has 0 radical (unpaired) electrons. The fourth-order valence-electron chi connectivity index (χ4n) is 1.48. The molecule has 0 saturated heterocycles. The van der Waals surface area contributed by atoms with Crippen molar-refractivity contribution in [1.82, 2.24) is 0 Å². The average Bonchev–Trinajstić information content (AvgIpc) is 2.34. The van der Waals surface area contributed by atoms with E-state index < -0.39 is 0 Å². The smallest absolute Gasteiger partial charge is 0.119 e. The van der Waals surface area contributed by atoms with Crippen LogP contribution in [0.25, 0.3) is 0 Å². The third-order valence-electron chi connectivity index (χ3n) is 2.30. The Morgan fingerprint density at radius 3 is 2.38 bits per heavy atom. The summed E-state index contributed by atoms with van der Waals surface area (Å²) in [4.78, 5) is 2.24. The predicted molar refractivity (Wildman–Crippen MR) is 70.2 cm³/mol. The molecule has 0 aliphatic rings. The number of ether oxygens (including phenoxy) is 1. The minimum absolute atomic E-state index is 0.545. The van der Waals surface area contributed by atoms with Gasteiger partial charge in [-0.05, 0) is 31.2 Å². The molecule has 0 aromatic heterocycles. The zero-order valence-electron chi connectivity index (χ0n) is 9.86. The van der Waals surface area contributed by atoms with Crippen molar-refractivity contribution in [2.45, 2.75) is 6.92 Å². The zero-order chi connectivity index (χ0) is 11.8. The van der Waals surface area contributed by atoms with Gasteiger partial charge in [0.05, 0.1) is 0 Å². The summed E-state index contributed by atoms with van der Waals surface area (Å²) in [5.41, 5.74) is 1.19. The molecular weight excluding hydrogens is 198 g/mol. The Kier molecular flexibility index (Phi) is 5.20. The van der Waals surface area contributed by atoms with E-state index in [1.54, 1.807) is 6.08 Å². The van der Waals surface area contributed by atoms with E-state index in [0.29, 0.717) is 6.61 Å². The van der Waals surface area contributed by atoms with Crippen LogP contribution < -0.4 is 9.64 Å². The largest absolute Gasteiger partial charge is 0.490 e. The lowest BCUT2D eigenvalue weighted by Gasteiger charge is -2.21. The topological polar surface area (TPSA) is 12.5 Å². The van der Waals surface area contributed by atoms with Crippen LogP contribution in [-0.2, 0) is 0 Å². The molecule has 1 aromatic rings. The highest BCUT2D eigenvalue weighted by Gasteiger charge is 2.01. The summed E-state index contributed by atoms with van der Waals surface area (Å²) in [7, 11) is 0. The van der Waals surface area contributed by atoms with E-state index >= 15 is 0 Å². The highest BCUT2D eigenvalue weighted by atomic mass is 16.5. The van der Waals surface area contributed by atoms with Gasteiger partial charge in [0.2, 0.25) is 0 Å². The molecule has 0 heterocycles. The third kappa shape index (κ3) is 3.46. The molecule has 0 bridgehead atoms. The van der Waals surface area contributed by atoms with Crippen LogP contribution in [-0.4, -0.2) is 19.7 Å². The standard InChI is InChI=1S/C14H19NO/c1-4-11-15(6-3)13-7-9-14(10-8-13)16-12-5-2/h4-5,7-10H,1-2,6,11-12H2,3H3. The van der Waals surface area contributed by atoms with Crippen LogP contribution in [0.1, 0.15) is 6.92 Å². The highest BCUT2D eigenvalue weighted by Crippen LogP contribution is 2.19. The molecule has 0 aliphatic carbocycles. The second-order valence-corrected chi connectivity index (χ2v) is 3.42. The van der Waals surface area contributed by atoms with E-state index in [0.717, 1.165) is 18.8 Å². The van der Waals surface area contributed by atoms with Crippen LogP contribution >= 0.6 is 0 Å². The van der Waals surface area contributed by atoms with Gasteiger partial charge < -0.3 is 9.64 Å². The molecule has 0 N–H and O–H groups in total. The molecule has 0 spiro atoms. The lowest BCUT2D eigenvalue weighted by atomic mass is 10.2. The molecule has 2 nitrogen and oxygen atoms in total. The first-order valence-corrected chi connectivity index (χ1v) is 5.51. The zero-order valence-corrected chi connectivity index (χ0v) is 9.86. The Balaban J connectivity index is 2.68. The Labute approximate surface area is 97.8 Å². The van der Waals surface area contributed by atoms with Gasteiger partial charge in [0, 0.05) is 18.8 Å². The van der Waals surface area contributed by atoms with E-state index in [4.69, 9.17) is 4.74 Å². The van der Waals surface area contributed by atoms with Crippen LogP contribution in [0.15, 0.2) is 49.6 Å². The van der Waals surface area contributed by atoms with Gasteiger partial charge in [-0.25, -0.2) is 0 Å². The minimum atomic E-state index is 0.545. The molecular formula is C14H19NO. The Bertz CT molecular complexity index is 329. The first kappa shape index (κ1) is 12.4. The number of anilines is 1. The van der Waals surface area contributed by atoms with E-state index in [1.807, 2.05) is 18.2 Å². The summed E-state index contributed by atoms with van der Waals surface area (Å²) < 4.78 is 5.43. The van der Waals surface area contributed by atoms with E-state index in [-0.39, 0.29) is 0 Å². The molecule has 1 rings (SSSR count). The molecule has 0 unspecified atom stereocenters. The summed E-state index contributed by atoms with van der Waals surface area (Å²) in [6.07, 6.45) is 3.65. The van der Waals surface area contributed by atoms with Crippen LogP contribution in [0.3, 0.4) is 0 Å². The van der Waals surface area contributed by atoms with Crippen molar-refractivity contribution in [1.29, 1.82) is 0 Å². The number of benzene rings is 1. The van der Waals surface area contributed by atoms with Crippen molar-refractivity contribution in [2.75, 3.05) is 24.6 Å². The molecule has 0 atom stereocenters. The molecule has 0 amide bonds. The maximum atomic E-state index is 5.43. The minimum Gasteiger partial charge on any atom is -0.490 e. The summed E-state index contributed by atoms with van der Waals surface area (Å²) >= 11 is 0. The molecule has 1 aromatic carbocycles. The summed E-state index contributed by atoms with van der Waals surface area (Å²) in [6.45, 7) is 11.9. The number of rotatable bonds is 7. The van der Waals surface area contributed by atoms with E-state index in [9.17, 15) is 0 Å². The molecule has 86 valence electrons. The van der Waals surface area contributed by atoms with Crippen LogP contribution in [0, 0.1) is 0 Å². The number of nitrogens with zero attached hydrogens (tertiary/aromatic N) is 1. The third-order valence-corrected chi connectivity index (χ3v) is 2.30. The lowest BCUT2D eigenvalue weighted by Crippen LogP contribution is -2.22. The van der Waals surface area contributed by atoms with Crippen LogP contribution in [0.5, 0.6) is 5.75 Å². The molecule has 0 saturated carbocycles. The van der Waals surface area contributed by atoms with Gasteiger partial charge in [0.1, 0.15) is 12.4 Å². The first-order valence-electron chi connectivity index (χ1n) is 5.51. The summed E-state index contributed by atoms with van der Waals surface area (Å²) in [5.74, 6) is 0.873. The van der Waals surface area contributed by atoms with Gasteiger partial charge in [-0.1, -0.05) is 18.7 Å². The van der Waals surface area contributed by atoms with Crippen molar-refractivity contribution < 1.29 is 4.74 Å². The van der Waals surface area contributed by atoms with Crippen molar-refractivity contribution in [3.63, 3.8) is 0 Å². The second kappa shape index (κ2) is 6.72. The van der Waals surface area contributed by atoms with Gasteiger partial charge >= 0.3 is 0 Å². The Morgan fingerprint density at radius 2 is 1.88 bits per heavy atom. The monoisotopic (exact) mass is 217 g/mol. The molecule has 2 heteroatoms. The van der Waals surface area contributed by atoms with Gasteiger partial charge in [-0.3, -0.25) is 0 Å². The fraction of sp³-hybridized carbons (Fsp3) is 0.286. The molecule has 0 aliphatic heterocycles. The number of likely N-dealkylation sites (N-methyl/N-ethyl adjacent to an activating group) is 1. The Morgan fingerprint density at radius 1 is 1.19 bits per heavy atom. The van der Waals surface area contributed by atoms with E-state index in [1.165, 1.54) is 5.69 Å². The second-order valence-electron chi connectivity index (χ2n) is 3.42. The summed E-state index contributed by atoms with van der Waals surface area (Å²) in [6, 6.07) is 8.08. The lowest BCUT2D eigenvalue weighted by molar-refractivity contribution is 0.363. The van der Waals surface area contributed by atoms with Crippen LogP contribution in [0.2, 0.25) is 0 Å². The maximum Gasteiger partial charge on any atom is 0.119 e. The SMILES string of the molecule is C=CCOc1ccc(N(CC)CC=C)cc1. The van der Waals surface area contributed by atoms with Crippen LogP contribution in [0.4, 0.5) is 5.69 Å². The van der Waals surface area contributed by atoms with Gasteiger partial charge in [-0.15, -0.1) is 6.58 Å². The number of hydrogen-bond donors (Lipinski definition) is 0. The summed E-state index contributed by atoms with van der Waals surface area (Å²) in [5, 5.41) is 0.